The number of carbonyl (C=O) groups excluding carboxylic acids is 2. The molecule has 0 bridgehead atoms. The van der Waals surface area contributed by atoms with E-state index in [0.29, 0.717) is 35.4 Å². The van der Waals surface area contributed by atoms with Crippen LogP contribution in [0.1, 0.15) is 17.4 Å². The molecule has 2 amide bonds. The molecule has 3 rings (SSSR count). The van der Waals surface area contributed by atoms with Crippen LogP contribution in [0.3, 0.4) is 0 Å². The lowest BCUT2D eigenvalue weighted by Crippen LogP contribution is -2.33. The van der Waals surface area contributed by atoms with Crippen molar-refractivity contribution in [2.24, 2.45) is 0 Å². The molecule has 0 saturated carbocycles. The molecule has 0 aliphatic carbocycles. The summed E-state index contributed by atoms with van der Waals surface area (Å²) in [5.74, 6) is -2.68. The summed E-state index contributed by atoms with van der Waals surface area (Å²) in [5.41, 5.74) is 0.475. The highest BCUT2D eigenvalue weighted by Gasteiger charge is 2.37. The van der Waals surface area contributed by atoms with Gasteiger partial charge < -0.3 is 14.6 Å². The Kier molecular flexibility index (Phi) is 4.65. The number of carboxylic acids is 1. The van der Waals surface area contributed by atoms with Crippen molar-refractivity contribution in [2.75, 3.05) is 19.8 Å². The lowest BCUT2D eigenvalue weighted by molar-refractivity contribution is -0.140. The van der Waals surface area contributed by atoms with E-state index in [1.54, 1.807) is 6.07 Å². The molecular weight excluding hydrogens is 341 g/mol. The van der Waals surface area contributed by atoms with E-state index >= 15 is 0 Å². The van der Waals surface area contributed by atoms with Crippen LogP contribution in [0, 0.1) is 5.82 Å². The van der Waals surface area contributed by atoms with Gasteiger partial charge in [-0.05, 0) is 23.9 Å². The van der Waals surface area contributed by atoms with Crippen molar-refractivity contribution in [1.82, 2.24) is 4.90 Å². The number of ether oxygens (including phenoxy) is 2. The smallest absolute Gasteiger partial charge is 0.323 e. The third-order valence-corrected chi connectivity index (χ3v) is 4.31. The van der Waals surface area contributed by atoms with Crippen molar-refractivity contribution < 1.29 is 33.4 Å². The SMILES string of the molecule is O=C(O)CN1C(=O)SC(=Cc2c(F)cccc2C2OCCO2)C1=O. The van der Waals surface area contributed by atoms with E-state index in [9.17, 15) is 18.8 Å². The summed E-state index contributed by atoms with van der Waals surface area (Å²) < 4.78 is 24.9. The van der Waals surface area contributed by atoms with Gasteiger partial charge in [0.15, 0.2) is 6.29 Å². The van der Waals surface area contributed by atoms with E-state index in [1.165, 1.54) is 18.2 Å². The first-order chi connectivity index (χ1) is 11.5. The first-order valence-corrected chi connectivity index (χ1v) is 7.78. The predicted molar refractivity (Wildman–Crippen MR) is 81.4 cm³/mol. The average molecular weight is 353 g/mol. The average Bonchev–Trinajstić information content (AvgIpc) is 3.14. The maximum Gasteiger partial charge on any atom is 0.323 e. The van der Waals surface area contributed by atoms with Gasteiger partial charge in [-0.2, -0.15) is 0 Å². The molecule has 9 heteroatoms. The van der Waals surface area contributed by atoms with Gasteiger partial charge in [0, 0.05) is 11.1 Å². The molecule has 1 aromatic carbocycles. The minimum atomic E-state index is -1.31. The second kappa shape index (κ2) is 6.71. The highest BCUT2D eigenvalue weighted by molar-refractivity contribution is 8.18. The third kappa shape index (κ3) is 3.18. The quantitative estimate of drug-likeness (QED) is 0.828. The third-order valence-electron chi connectivity index (χ3n) is 3.40. The lowest BCUT2D eigenvalue weighted by atomic mass is 10.1. The van der Waals surface area contributed by atoms with E-state index in [2.05, 4.69) is 0 Å². The summed E-state index contributed by atoms with van der Waals surface area (Å²) in [5, 5.41) is 8.04. The Labute approximate surface area is 140 Å². The second-order valence-corrected chi connectivity index (χ2v) is 5.97. The number of benzene rings is 1. The van der Waals surface area contributed by atoms with Crippen LogP contribution >= 0.6 is 11.8 Å². The monoisotopic (exact) mass is 353 g/mol. The molecule has 7 nitrogen and oxygen atoms in total. The molecular formula is C15H12FNO6S. The number of carboxylic acid groups (broad SMARTS) is 1. The van der Waals surface area contributed by atoms with E-state index in [1.807, 2.05) is 0 Å². The number of halogens is 1. The Bertz CT molecular complexity index is 743. The number of thioether (sulfide) groups is 1. The van der Waals surface area contributed by atoms with Crippen LogP contribution < -0.4 is 0 Å². The standard InChI is InChI=1S/C15H12FNO6S/c16-10-3-1-2-8(14-22-4-5-23-14)9(10)6-11-13(20)17(7-12(18)19)15(21)24-11/h1-3,6,14H,4-5,7H2,(H,18,19). The Morgan fingerprint density at radius 1 is 1.38 bits per heavy atom. The first-order valence-electron chi connectivity index (χ1n) is 6.96. The fraction of sp³-hybridized carbons (Fsp3) is 0.267. The fourth-order valence-corrected chi connectivity index (χ4v) is 3.17. The van der Waals surface area contributed by atoms with E-state index in [-0.39, 0.29) is 10.5 Å². The molecule has 0 aromatic heterocycles. The Hall–Kier alpha value is -2.23. The molecule has 2 saturated heterocycles. The van der Waals surface area contributed by atoms with Gasteiger partial charge in [-0.15, -0.1) is 0 Å². The van der Waals surface area contributed by atoms with Gasteiger partial charge in [0.25, 0.3) is 11.1 Å². The zero-order valence-electron chi connectivity index (χ0n) is 12.2. The summed E-state index contributed by atoms with van der Waals surface area (Å²) in [6.07, 6.45) is 0.475. The normalized spacial score (nSPS) is 20.4. The maximum absolute atomic E-state index is 14.2. The molecule has 0 spiro atoms. The summed E-state index contributed by atoms with van der Waals surface area (Å²) in [4.78, 5) is 35.2. The zero-order chi connectivity index (χ0) is 17.3. The van der Waals surface area contributed by atoms with Crippen LogP contribution in [0.25, 0.3) is 6.08 Å². The van der Waals surface area contributed by atoms with Crippen molar-refractivity contribution in [1.29, 1.82) is 0 Å². The lowest BCUT2D eigenvalue weighted by Gasteiger charge is -2.13. The summed E-state index contributed by atoms with van der Waals surface area (Å²) in [7, 11) is 0. The van der Waals surface area contributed by atoms with Gasteiger partial charge in [-0.3, -0.25) is 19.3 Å². The van der Waals surface area contributed by atoms with Gasteiger partial charge in [-0.1, -0.05) is 12.1 Å². The van der Waals surface area contributed by atoms with Crippen LogP contribution in [0.4, 0.5) is 9.18 Å². The number of carbonyl (C=O) groups is 3. The molecule has 2 fully saturated rings. The van der Waals surface area contributed by atoms with Gasteiger partial charge in [0.2, 0.25) is 0 Å². The van der Waals surface area contributed by atoms with Crippen LogP contribution in [0.5, 0.6) is 0 Å². The number of hydrogen-bond donors (Lipinski definition) is 1. The van der Waals surface area contributed by atoms with Gasteiger partial charge in [0.1, 0.15) is 12.4 Å². The van der Waals surface area contributed by atoms with Crippen LogP contribution in [0.15, 0.2) is 23.1 Å². The van der Waals surface area contributed by atoms with Gasteiger partial charge in [-0.25, -0.2) is 4.39 Å². The summed E-state index contributed by atoms with van der Waals surface area (Å²) >= 11 is 0.565. The number of amides is 2. The molecule has 126 valence electrons. The molecule has 1 aromatic rings. The molecule has 0 radical (unpaired) electrons. The highest BCUT2D eigenvalue weighted by Crippen LogP contribution is 2.35. The molecule has 2 aliphatic rings. The van der Waals surface area contributed by atoms with Gasteiger partial charge in [0.05, 0.1) is 18.1 Å². The highest BCUT2D eigenvalue weighted by atomic mass is 32.2. The van der Waals surface area contributed by atoms with E-state index in [0.717, 1.165) is 0 Å². The Balaban J connectivity index is 1.95. The largest absolute Gasteiger partial charge is 0.480 e. The summed E-state index contributed by atoms with van der Waals surface area (Å²) in [6, 6.07) is 4.31. The molecule has 2 heterocycles. The number of imide groups is 1. The maximum atomic E-state index is 14.2. The number of aliphatic carboxylic acids is 1. The van der Waals surface area contributed by atoms with E-state index in [4.69, 9.17) is 14.6 Å². The van der Waals surface area contributed by atoms with Crippen LogP contribution in [-0.2, 0) is 19.1 Å². The predicted octanol–water partition coefficient (Wildman–Crippen LogP) is 1.99. The molecule has 1 N–H and O–H groups in total. The zero-order valence-corrected chi connectivity index (χ0v) is 13.0. The molecule has 0 unspecified atom stereocenters. The number of rotatable bonds is 4. The van der Waals surface area contributed by atoms with Crippen LogP contribution in [-0.4, -0.2) is 46.9 Å². The number of hydrogen-bond acceptors (Lipinski definition) is 6. The fourth-order valence-electron chi connectivity index (χ4n) is 2.35. The van der Waals surface area contributed by atoms with Crippen LogP contribution in [0.2, 0.25) is 0 Å². The Morgan fingerprint density at radius 3 is 2.75 bits per heavy atom. The Morgan fingerprint density at radius 2 is 2.08 bits per heavy atom. The first kappa shape index (κ1) is 16.6. The number of nitrogens with zero attached hydrogens (tertiary/aromatic N) is 1. The van der Waals surface area contributed by atoms with Crippen molar-refractivity contribution in [3.63, 3.8) is 0 Å². The van der Waals surface area contributed by atoms with Crippen molar-refractivity contribution in [2.45, 2.75) is 6.29 Å². The van der Waals surface area contributed by atoms with E-state index < -0.39 is 35.8 Å². The molecule has 2 aliphatic heterocycles. The van der Waals surface area contributed by atoms with Gasteiger partial charge >= 0.3 is 5.97 Å². The summed E-state index contributed by atoms with van der Waals surface area (Å²) in [6.45, 7) is 0.00643. The topological polar surface area (TPSA) is 93.1 Å². The van der Waals surface area contributed by atoms with Crippen molar-refractivity contribution in [3.8, 4) is 0 Å². The van der Waals surface area contributed by atoms with Crippen molar-refractivity contribution >= 4 is 35.0 Å². The minimum absolute atomic E-state index is 0.0504. The molecule has 0 atom stereocenters. The van der Waals surface area contributed by atoms with Crippen molar-refractivity contribution in [3.05, 3.63) is 40.0 Å². The molecule has 24 heavy (non-hydrogen) atoms. The second-order valence-electron chi connectivity index (χ2n) is 4.98. The minimum Gasteiger partial charge on any atom is -0.480 e.